The van der Waals surface area contributed by atoms with Crippen molar-refractivity contribution in [3.05, 3.63) is 59.1 Å². The SMILES string of the molecule is CC(Cl)=CC[N+]1(CC#Cc2cccc3ccccc23)CCCCC1.[Cl-]. The molecule has 2 aromatic rings. The van der Waals surface area contributed by atoms with Crippen LogP contribution in [0.4, 0.5) is 0 Å². The van der Waals surface area contributed by atoms with Crippen LogP contribution in [-0.4, -0.2) is 30.7 Å². The van der Waals surface area contributed by atoms with Crippen molar-refractivity contribution >= 4 is 22.4 Å². The number of piperidine rings is 1. The quantitative estimate of drug-likeness (QED) is 0.572. The van der Waals surface area contributed by atoms with E-state index in [1.165, 1.54) is 43.1 Å². The van der Waals surface area contributed by atoms with Gasteiger partial charge in [0, 0.05) is 10.6 Å². The minimum absolute atomic E-state index is 0. The monoisotopic (exact) mass is 373 g/mol. The zero-order valence-corrected chi connectivity index (χ0v) is 16.3. The summed E-state index contributed by atoms with van der Waals surface area (Å²) >= 11 is 6.07. The van der Waals surface area contributed by atoms with Crippen LogP contribution >= 0.6 is 11.6 Å². The largest absolute Gasteiger partial charge is 1.00 e. The third-order valence-corrected chi connectivity index (χ3v) is 5.11. The minimum atomic E-state index is 0. The highest BCUT2D eigenvalue weighted by atomic mass is 35.5. The molecule has 3 heteroatoms. The number of hydrogen-bond acceptors (Lipinski definition) is 0. The van der Waals surface area contributed by atoms with Gasteiger partial charge in [0.05, 0.1) is 19.6 Å². The molecule has 1 aliphatic heterocycles. The highest BCUT2D eigenvalue weighted by Crippen LogP contribution is 2.20. The van der Waals surface area contributed by atoms with Gasteiger partial charge >= 0.3 is 0 Å². The fourth-order valence-electron chi connectivity index (χ4n) is 3.54. The molecule has 0 amide bonds. The normalized spacial score (nSPS) is 16.6. The fourth-order valence-corrected chi connectivity index (χ4v) is 3.61. The molecular weight excluding hydrogens is 349 g/mol. The molecule has 0 saturated carbocycles. The molecule has 1 fully saturated rings. The van der Waals surface area contributed by atoms with Crippen LogP contribution in [0.25, 0.3) is 10.8 Å². The van der Waals surface area contributed by atoms with Gasteiger partial charge in [-0.1, -0.05) is 53.9 Å². The summed E-state index contributed by atoms with van der Waals surface area (Å²) < 4.78 is 1.06. The molecule has 0 spiro atoms. The second-order valence-corrected chi connectivity index (χ2v) is 7.41. The molecule has 1 heterocycles. The molecule has 0 bridgehead atoms. The number of benzene rings is 2. The maximum atomic E-state index is 6.07. The molecule has 0 unspecified atom stereocenters. The molecule has 3 rings (SSSR count). The topological polar surface area (TPSA) is 0 Å². The number of nitrogens with zero attached hydrogens (tertiary/aromatic N) is 1. The molecule has 2 aromatic carbocycles. The lowest BCUT2D eigenvalue weighted by molar-refractivity contribution is -0.920. The number of halogens is 2. The maximum absolute atomic E-state index is 6.07. The lowest BCUT2D eigenvalue weighted by Gasteiger charge is -2.39. The van der Waals surface area contributed by atoms with E-state index in [1.807, 2.05) is 6.92 Å². The van der Waals surface area contributed by atoms with Gasteiger partial charge in [0.1, 0.15) is 6.54 Å². The van der Waals surface area contributed by atoms with Gasteiger partial charge in [-0.2, -0.15) is 0 Å². The van der Waals surface area contributed by atoms with Gasteiger partial charge < -0.3 is 16.9 Å². The fraction of sp³-hybridized carbons (Fsp3) is 0.364. The highest BCUT2D eigenvalue weighted by Gasteiger charge is 2.27. The van der Waals surface area contributed by atoms with E-state index in [0.29, 0.717) is 0 Å². The third kappa shape index (κ3) is 5.25. The lowest BCUT2D eigenvalue weighted by atomic mass is 10.0. The number of hydrogen-bond donors (Lipinski definition) is 0. The van der Waals surface area contributed by atoms with Gasteiger partial charge in [-0.25, -0.2) is 0 Å². The van der Waals surface area contributed by atoms with Crippen molar-refractivity contribution in [1.29, 1.82) is 0 Å². The summed E-state index contributed by atoms with van der Waals surface area (Å²) in [5, 5.41) is 3.39. The van der Waals surface area contributed by atoms with Crippen LogP contribution in [0.1, 0.15) is 31.7 Å². The second kappa shape index (κ2) is 9.30. The molecular formula is C22H25Cl2N. The van der Waals surface area contributed by atoms with E-state index in [2.05, 4.69) is 60.4 Å². The number of fused-ring (bicyclic) bond motifs is 1. The van der Waals surface area contributed by atoms with Crippen LogP contribution in [0.2, 0.25) is 0 Å². The van der Waals surface area contributed by atoms with Crippen LogP contribution in [0.15, 0.2) is 53.6 Å². The molecule has 25 heavy (non-hydrogen) atoms. The number of allylic oxidation sites excluding steroid dienone is 1. The van der Waals surface area contributed by atoms with Gasteiger partial charge in [0.2, 0.25) is 0 Å². The van der Waals surface area contributed by atoms with Crippen LogP contribution < -0.4 is 12.4 Å². The number of quaternary nitrogens is 1. The Morgan fingerprint density at radius 2 is 1.80 bits per heavy atom. The molecule has 1 aliphatic rings. The Kier molecular flexibility index (Phi) is 7.38. The first-order valence-corrected chi connectivity index (χ1v) is 9.20. The molecule has 0 radical (unpaired) electrons. The van der Waals surface area contributed by atoms with Crippen LogP contribution in [0.3, 0.4) is 0 Å². The zero-order valence-electron chi connectivity index (χ0n) is 14.8. The summed E-state index contributed by atoms with van der Waals surface area (Å²) in [5.41, 5.74) is 1.13. The minimum Gasteiger partial charge on any atom is -1.00 e. The van der Waals surface area contributed by atoms with Gasteiger partial charge in [-0.3, -0.25) is 0 Å². The predicted molar refractivity (Wildman–Crippen MR) is 104 cm³/mol. The highest BCUT2D eigenvalue weighted by molar-refractivity contribution is 6.29. The Balaban J connectivity index is 0.00000225. The van der Waals surface area contributed by atoms with Crippen molar-refractivity contribution in [2.45, 2.75) is 26.2 Å². The molecule has 0 N–H and O–H groups in total. The van der Waals surface area contributed by atoms with E-state index in [1.54, 1.807) is 0 Å². The van der Waals surface area contributed by atoms with Gasteiger partial charge in [-0.05, 0) is 55.0 Å². The molecule has 1 saturated heterocycles. The standard InChI is InChI=1S/C22H25ClN.ClH/c1-19(23)14-18-24(15-5-2-6-16-24)17-8-12-21-11-7-10-20-9-3-4-13-22(20)21;/h3-4,7,9-11,13-14H,2,5-6,15-18H2,1H3;1H/q+1;/p-1. The Hall–Kier alpha value is -1.46. The Bertz CT molecular complexity index is 783. The van der Waals surface area contributed by atoms with Crippen molar-refractivity contribution < 1.29 is 16.9 Å². The van der Waals surface area contributed by atoms with E-state index in [-0.39, 0.29) is 12.4 Å². The maximum Gasteiger partial charge on any atom is 0.141 e. The van der Waals surface area contributed by atoms with Crippen molar-refractivity contribution in [1.82, 2.24) is 0 Å². The van der Waals surface area contributed by atoms with E-state index < -0.39 is 0 Å². The van der Waals surface area contributed by atoms with E-state index in [4.69, 9.17) is 11.6 Å². The van der Waals surface area contributed by atoms with Gasteiger partial charge in [0.15, 0.2) is 0 Å². The summed E-state index contributed by atoms with van der Waals surface area (Å²) in [6.07, 6.45) is 6.10. The van der Waals surface area contributed by atoms with Crippen LogP contribution in [0, 0.1) is 11.8 Å². The summed E-state index contributed by atoms with van der Waals surface area (Å²) in [4.78, 5) is 0. The molecule has 0 atom stereocenters. The first-order valence-electron chi connectivity index (χ1n) is 8.83. The van der Waals surface area contributed by atoms with Crippen molar-refractivity contribution in [3.8, 4) is 11.8 Å². The first kappa shape index (κ1) is 19.9. The van der Waals surface area contributed by atoms with Crippen molar-refractivity contribution in [2.24, 2.45) is 0 Å². The van der Waals surface area contributed by atoms with E-state index in [0.717, 1.165) is 28.2 Å². The average Bonchev–Trinajstić information content (AvgIpc) is 2.61. The smallest absolute Gasteiger partial charge is 0.141 e. The summed E-state index contributed by atoms with van der Waals surface area (Å²) in [6.45, 7) is 6.29. The summed E-state index contributed by atoms with van der Waals surface area (Å²) in [7, 11) is 0. The van der Waals surface area contributed by atoms with E-state index >= 15 is 0 Å². The predicted octanol–water partition coefficient (Wildman–Crippen LogP) is 2.34. The van der Waals surface area contributed by atoms with E-state index in [9.17, 15) is 0 Å². The van der Waals surface area contributed by atoms with Gasteiger partial charge in [0.25, 0.3) is 0 Å². The molecule has 132 valence electrons. The van der Waals surface area contributed by atoms with Crippen LogP contribution in [-0.2, 0) is 0 Å². The second-order valence-electron chi connectivity index (χ2n) is 6.81. The van der Waals surface area contributed by atoms with Crippen LogP contribution in [0.5, 0.6) is 0 Å². The average molecular weight is 374 g/mol. The molecule has 0 aliphatic carbocycles. The Morgan fingerprint density at radius 1 is 1.08 bits per heavy atom. The van der Waals surface area contributed by atoms with Crippen molar-refractivity contribution in [3.63, 3.8) is 0 Å². The van der Waals surface area contributed by atoms with Crippen molar-refractivity contribution in [2.75, 3.05) is 26.2 Å². The third-order valence-electron chi connectivity index (χ3n) is 4.95. The Labute approximate surface area is 162 Å². The number of rotatable bonds is 3. The summed E-state index contributed by atoms with van der Waals surface area (Å²) in [5.74, 6) is 6.91. The Morgan fingerprint density at radius 3 is 2.56 bits per heavy atom. The molecule has 1 nitrogen and oxygen atoms in total. The molecule has 0 aromatic heterocycles. The number of likely N-dealkylation sites (tertiary alicyclic amines) is 1. The lowest BCUT2D eigenvalue weighted by Crippen LogP contribution is -3.00. The summed E-state index contributed by atoms with van der Waals surface area (Å²) in [6, 6.07) is 14.8. The zero-order chi connectivity index (χ0) is 16.8. The van der Waals surface area contributed by atoms with Gasteiger partial charge in [-0.15, -0.1) is 0 Å². The first-order chi connectivity index (χ1) is 11.7.